The number of aryl methyl sites for hydroxylation is 1. The molecule has 4 heteroatoms. The molecule has 84 valence electrons. The summed E-state index contributed by atoms with van der Waals surface area (Å²) in [4.78, 5) is 12.9. The lowest BCUT2D eigenvalue weighted by Crippen LogP contribution is -2.22. The number of amides is 1. The lowest BCUT2D eigenvalue weighted by molar-refractivity contribution is -0.128. The molecule has 0 radical (unpaired) electrons. The van der Waals surface area contributed by atoms with Crippen molar-refractivity contribution in [2.24, 2.45) is 0 Å². The van der Waals surface area contributed by atoms with Gasteiger partial charge in [0.1, 0.15) is 0 Å². The molecule has 0 saturated carbocycles. The zero-order chi connectivity index (χ0) is 11.4. The van der Waals surface area contributed by atoms with Crippen molar-refractivity contribution < 1.29 is 4.79 Å². The summed E-state index contributed by atoms with van der Waals surface area (Å²) in [7, 11) is 3.54. The quantitative estimate of drug-likeness (QED) is 0.753. The molecule has 0 aliphatic rings. The van der Waals surface area contributed by atoms with Crippen molar-refractivity contribution in [1.29, 1.82) is 0 Å². The summed E-state index contributed by atoms with van der Waals surface area (Å²) in [5.41, 5.74) is 1.22. The first-order chi connectivity index (χ1) is 7.00. The van der Waals surface area contributed by atoms with E-state index in [0.29, 0.717) is 18.9 Å². The van der Waals surface area contributed by atoms with Crippen LogP contribution in [-0.2, 0) is 11.3 Å². The first-order valence-corrected chi connectivity index (χ1v) is 5.23. The lowest BCUT2D eigenvalue weighted by Gasteiger charge is -2.09. The van der Waals surface area contributed by atoms with Crippen molar-refractivity contribution >= 4 is 5.91 Å². The van der Waals surface area contributed by atoms with Crippen LogP contribution in [0.5, 0.6) is 0 Å². The average Bonchev–Trinajstić information content (AvgIpc) is 2.62. The largest absolute Gasteiger partial charge is 0.349 e. The molecule has 1 aromatic heterocycles. The van der Waals surface area contributed by atoms with Crippen molar-refractivity contribution in [2.45, 2.75) is 32.7 Å². The molecular weight excluding hydrogens is 190 g/mol. The van der Waals surface area contributed by atoms with Gasteiger partial charge >= 0.3 is 0 Å². The van der Waals surface area contributed by atoms with E-state index in [0.717, 1.165) is 0 Å². The fraction of sp³-hybridized carbons (Fsp3) is 0.636. The first-order valence-electron chi connectivity index (χ1n) is 5.23. The molecule has 1 aromatic rings. The Morgan fingerprint density at radius 2 is 2.20 bits per heavy atom. The predicted octanol–water partition coefficient (Wildman–Crippen LogP) is 1.48. The Morgan fingerprint density at radius 1 is 1.53 bits per heavy atom. The Morgan fingerprint density at radius 3 is 2.67 bits per heavy atom. The SMILES string of the molecule is CC(C)c1cnn(CCC(=O)N(C)C)c1. The number of carbonyl (C=O) groups excluding carboxylic acids is 1. The Hall–Kier alpha value is -1.32. The Bertz CT molecular complexity index is 328. The summed E-state index contributed by atoms with van der Waals surface area (Å²) in [6, 6.07) is 0. The van der Waals surface area contributed by atoms with E-state index in [1.165, 1.54) is 5.56 Å². The third-order valence-electron chi connectivity index (χ3n) is 2.37. The Kier molecular flexibility index (Phi) is 3.88. The van der Waals surface area contributed by atoms with Crippen LogP contribution >= 0.6 is 0 Å². The van der Waals surface area contributed by atoms with Gasteiger partial charge in [0.2, 0.25) is 5.91 Å². The third-order valence-corrected chi connectivity index (χ3v) is 2.37. The van der Waals surface area contributed by atoms with Crippen LogP contribution in [0.3, 0.4) is 0 Å². The van der Waals surface area contributed by atoms with Gasteiger partial charge in [-0.1, -0.05) is 13.8 Å². The molecule has 0 unspecified atom stereocenters. The van der Waals surface area contributed by atoms with Crippen LogP contribution in [0.15, 0.2) is 12.4 Å². The molecule has 0 atom stereocenters. The van der Waals surface area contributed by atoms with Crippen molar-refractivity contribution in [3.05, 3.63) is 18.0 Å². The van der Waals surface area contributed by atoms with Gasteiger partial charge in [-0.2, -0.15) is 5.10 Å². The van der Waals surface area contributed by atoms with Gasteiger partial charge in [-0.15, -0.1) is 0 Å². The van der Waals surface area contributed by atoms with E-state index < -0.39 is 0 Å². The van der Waals surface area contributed by atoms with Crippen LogP contribution in [0.4, 0.5) is 0 Å². The third kappa shape index (κ3) is 3.38. The van der Waals surface area contributed by atoms with E-state index >= 15 is 0 Å². The normalized spacial score (nSPS) is 10.7. The van der Waals surface area contributed by atoms with Crippen LogP contribution in [0.2, 0.25) is 0 Å². The van der Waals surface area contributed by atoms with Crippen LogP contribution in [-0.4, -0.2) is 34.7 Å². The second-order valence-corrected chi connectivity index (χ2v) is 4.23. The van der Waals surface area contributed by atoms with Crippen molar-refractivity contribution in [2.75, 3.05) is 14.1 Å². The molecule has 0 fully saturated rings. The standard InChI is InChI=1S/C11H19N3O/c1-9(2)10-7-12-14(8-10)6-5-11(15)13(3)4/h7-9H,5-6H2,1-4H3. The van der Waals surface area contributed by atoms with Gasteiger partial charge in [0.05, 0.1) is 6.20 Å². The van der Waals surface area contributed by atoms with Gasteiger partial charge in [-0.05, 0) is 11.5 Å². The maximum atomic E-state index is 11.3. The molecule has 1 amide bonds. The molecule has 0 aliphatic carbocycles. The molecule has 1 heterocycles. The summed E-state index contributed by atoms with van der Waals surface area (Å²) in [6.45, 7) is 4.92. The van der Waals surface area contributed by atoms with Crippen molar-refractivity contribution in [3.8, 4) is 0 Å². The summed E-state index contributed by atoms with van der Waals surface area (Å²) in [6.07, 6.45) is 4.38. The molecule has 4 nitrogen and oxygen atoms in total. The van der Waals surface area contributed by atoms with Crippen LogP contribution in [0, 0.1) is 0 Å². The Labute approximate surface area is 90.9 Å². The lowest BCUT2D eigenvalue weighted by atomic mass is 10.1. The van der Waals surface area contributed by atoms with E-state index in [2.05, 4.69) is 18.9 Å². The van der Waals surface area contributed by atoms with Crippen LogP contribution < -0.4 is 0 Å². The van der Waals surface area contributed by atoms with Gasteiger partial charge in [-0.3, -0.25) is 9.48 Å². The zero-order valence-corrected chi connectivity index (χ0v) is 9.90. The fourth-order valence-corrected chi connectivity index (χ4v) is 1.23. The minimum absolute atomic E-state index is 0.136. The second kappa shape index (κ2) is 4.96. The molecule has 0 aromatic carbocycles. The highest BCUT2D eigenvalue weighted by Crippen LogP contribution is 2.12. The van der Waals surface area contributed by atoms with Crippen LogP contribution in [0.1, 0.15) is 31.7 Å². The summed E-state index contributed by atoms with van der Waals surface area (Å²) < 4.78 is 1.83. The summed E-state index contributed by atoms with van der Waals surface area (Å²) in [5.74, 6) is 0.625. The highest BCUT2D eigenvalue weighted by molar-refractivity contribution is 5.75. The smallest absolute Gasteiger partial charge is 0.223 e. The second-order valence-electron chi connectivity index (χ2n) is 4.23. The van der Waals surface area contributed by atoms with Gasteiger partial charge in [0.15, 0.2) is 0 Å². The van der Waals surface area contributed by atoms with Gasteiger partial charge < -0.3 is 4.90 Å². The molecule has 0 aliphatic heterocycles. The Balaban J connectivity index is 2.48. The summed E-state index contributed by atoms with van der Waals surface area (Å²) in [5, 5.41) is 4.21. The van der Waals surface area contributed by atoms with E-state index in [9.17, 15) is 4.79 Å². The topological polar surface area (TPSA) is 38.1 Å². The maximum Gasteiger partial charge on any atom is 0.223 e. The number of rotatable bonds is 4. The predicted molar refractivity (Wildman–Crippen MR) is 59.6 cm³/mol. The number of nitrogens with zero attached hydrogens (tertiary/aromatic N) is 3. The monoisotopic (exact) mass is 209 g/mol. The van der Waals surface area contributed by atoms with E-state index in [1.54, 1.807) is 19.0 Å². The molecule has 0 bridgehead atoms. The molecule has 0 N–H and O–H groups in total. The average molecular weight is 209 g/mol. The molecule has 0 saturated heterocycles. The van der Waals surface area contributed by atoms with Gasteiger partial charge in [0.25, 0.3) is 0 Å². The summed E-state index contributed by atoms with van der Waals surface area (Å²) >= 11 is 0. The van der Waals surface area contributed by atoms with Crippen molar-refractivity contribution in [3.63, 3.8) is 0 Å². The van der Waals surface area contributed by atoms with Crippen molar-refractivity contribution in [1.82, 2.24) is 14.7 Å². The maximum absolute atomic E-state index is 11.3. The van der Waals surface area contributed by atoms with Gasteiger partial charge in [-0.25, -0.2) is 0 Å². The van der Waals surface area contributed by atoms with Gasteiger partial charge in [0, 0.05) is 33.3 Å². The van der Waals surface area contributed by atoms with Crippen LogP contribution in [0.25, 0.3) is 0 Å². The number of aromatic nitrogens is 2. The fourth-order valence-electron chi connectivity index (χ4n) is 1.23. The number of carbonyl (C=O) groups is 1. The highest BCUT2D eigenvalue weighted by atomic mass is 16.2. The number of hydrogen-bond donors (Lipinski definition) is 0. The molecule has 15 heavy (non-hydrogen) atoms. The molecule has 0 spiro atoms. The minimum atomic E-state index is 0.136. The molecular formula is C11H19N3O. The number of hydrogen-bond acceptors (Lipinski definition) is 2. The van der Waals surface area contributed by atoms with E-state index in [-0.39, 0.29) is 5.91 Å². The minimum Gasteiger partial charge on any atom is -0.349 e. The van der Waals surface area contributed by atoms with E-state index in [1.807, 2.05) is 17.1 Å². The first kappa shape index (κ1) is 11.8. The highest BCUT2D eigenvalue weighted by Gasteiger charge is 2.06. The van der Waals surface area contributed by atoms with E-state index in [4.69, 9.17) is 0 Å². The zero-order valence-electron chi connectivity index (χ0n) is 9.90. The molecule has 1 rings (SSSR count).